The van der Waals surface area contributed by atoms with Crippen molar-refractivity contribution in [2.24, 2.45) is 0 Å². The van der Waals surface area contributed by atoms with Crippen molar-refractivity contribution >= 4 is 23.1 Å². The number of ether oxygens (including phenoxy) is 1. The van der Waals surface area contributed by atoms with Crippen molar-refractivity contribution in [1.29, 1.82) is 0 Å². The lowest BCUT2D eigenvalue weighted by Crippen LogP contribution is -2.30. The minimum absolute atomic E-state index is 0.0760. The summed E-state index contributed by atoms with van der Waals surface area (Å²) in [5, 5.41) is 11.5. The Hall–Kier alpha value is -3.86. The lowest BCUT2D eigenvalue weighted by Gasteiger charge is -2.27. The summed E-state index contributed by atoms with van der Waals surface area (Å²) in [5.74, 6) is -0.855. The summed E-state index contributed by atoms with van der Waals surface area (Å²) in [7, 11) is 1.61. The second-order valence-corrected chi connectivity index (χ2v) is 9.96. The highest BCUT2D eigenvalue weighted by molar-refractivity contribution is 6.51. The Morgan fingerprint density at radius 3 is 2.26 bits per heavy atom. The average molecular weight is 470 g/mol. The third-order valence-corrected chi connectivity index (χ3v) is 6.68. The second-order valence-electron chi connectivity index (χ2n) is 9.96. The first-order valence-electron chi connectivity index (χ1n) is 11.7. The molecule has 4 rings (SSSR count). The Balaban J connectivity index is 1.98. The monoisotopic (exact) mass is 469 g/mol. The van der Waals surface area contributed by atoms with E-state index in [9.17, 15) is 14.7 Å². The Morgan fingerprint density at radius 2 is 1.63 bits per heavy atom. The summed E-state index contributed by atoms with van der Waals surface area (Å²) in [4.78, 5) is 28.4. The van der Waals surface area contributed by atoms with Crippen molar-refractivity contribution in [3.8, 4) is 5.75 Å². The van der Waals surface area contributed by atoms with E-state index in [2.05, 4.69) is 20.8 Å². The van der Waals surface area contributed by atoms with Gasteiger partial charge in [0.1, 0.15) is 11.5 Å². The van der Waals surface area contributed by atoms with Crippen molar-refractivity contribution in [1.82, 2.24) is 0 Å². The molecule has 1 amide bonds. The number of carbonyl (C=O) groups excluding carboxylic acids is 2. The number of ketones is 1. The highest BCUT2D eigenvalue weighted by Gasteiger charge is 2.47. The molecule has 180 valence electrons. The second kappa shape index (κ2) is 9.06. The Morgan fingerprint density at radius 1 is 0.943 bits per heavy atom. The summed E-state index contributed by atoms with van der Waals surface area (Å²) >= 11 is 0. The number of methoxy groups -OCH3 is 1. The number of carbonyl (C=O) groups is 2. The first-order chi connectivity index (χ1) is 16.6. The number of nitrogens with zero attached hydrogens (tertiary/aromatic N) is 1. The third kappa shape index (κ3) is 4.23. The van der Waals surface area contributed by atoms with E-state index >= 15 is 0 Å². The van der Waals surface area contributed by atoms with Gasteiger partial charge in [-0.05, 0) is 60.2 Å². The van der Waals surface area contributed by atoms with Crippen LogP contribution in [0.2, 0.25) is 0 Å². The first-order valence-corrected chi connectivity index (χ1v) is 11.7. The fourth-order valence-corrected chi connectivity index (χ4v) is 4.63. The van der Waals surface area contributed by atoms with Crippen LogP contribution in [0, 0.1) is 13.8 Å². The summed E-state index contributed by atoms with van der Waals surface area (Å²) in [6, 6.07) is 19.6. The molecule has 1 N–H and O–H groups in total. The van der Waals surface area contributed by atoms with Crippen LogP contribution < -0.4 is 9.64 Å². The molecule has 35 heavy (non-hydrogen) atoms. The van der Waals surface area contributed by atoms with E-state index in [1.54, 1.807) is 19.2 Å². The number of aliphatic hydroxyl groups is 1. The Labute approximate surface area is 206 Å². The SMILES string of the molecule is COc1ccc(/C(O)=C2/C(=O)C(=O)N(c3cccc(C)c3C)C2c2ccccc2)cc1C(C)(C)C. The van der Waals surface area contributed by atoms with Crippen molar-refractivity contribution < 1.29 is 19.4 Å². The van der Waals surface area contributed by atoms with Gasteiger partial charge in [-0.3, -0.25) is 14.5 Å². The summed E-state index contributed by atoms with van der Waals surface area (Å²) < 4.78 is 5.53. The van der Waals surface area contributed by atoms with Gasteiger partial charge in [-0.25, -0.2) is 0 Å². The fourth-order valence-electron chi connectivity index (χ4n) is 4.63. The zero-order valence-electron chi connectivity index (χ0n) is 21.0. The van der Waals surface area contributed by atoms with Crippen LogP contribution in [0.4, 0.5) is 5.69 Å². The van der Waals surface area contributed by atoms with Gasteiger partial charge in [-0.2, -0.15) is 0 Å². The van der Waals surface area contributed by atoms with E-state index in [-0.39, 0.29) is 16.7 Å². The van der Waals surface area contributed by atoms with Gasteiger partial charge in [0.2, 0.25) is 0 Å². The zero-order valence-corrected chi connectivity index (χ0v) is 21.0. The van der Waals surface area contributed by atoms with Crippen molar-refractivity contribution in [3.63, 3.8) is 0 Å². The molecule has 1 aliphatic heterocycles. The lowest BCUT2D eigenvalue weighted by molar-refractivity contribution is -0.132. The largest absolute Gasteiger partial charge is 0.507 e. The molecule has 5 heteroatoms. The summed E-state index contributed by atoms with van der Waals surface area (Å²) in [6.07, 6.45) is 0. The fraction of sp³-hybridized carbons (Fsp3) is 0.267. The van der Waals surface area contributed by atoms with E-state index in [1.807, 2.05) is 68.4 Å². The van der Waals surface area contributed by atoms with Crippen LogP contribution in [-0.4, -0.2) is 23.9 Å². The Bertz CT molecular complexity index is 1330. The summed E-state index contributed by atoms with van der Waals surface area (Å²) in [6.45, 7) is 10.1. The molecule has 1 saturated heterocycles. The predicted octanol–water partition coefficient (Wildman–Crippen LogP) is 6.24. The van der Waals surface area contributed by atoms with Gasteiger partial charge < -0.3 is 9.84 Å². The Kier molecular flexibility index (Phi) is 6.28. The molecule has 1 fully saturated rings. The molecule has 1 unspecified atom stereocenters. The van der Waals surface area contributed by atoms with Crippen LogP contribution in [0.25, 0.3) is 5.76 Å². The molecular weight excluding hydrogens is 438 g/mol. The van der Waals surface area contributed by atoms with Crippen LogP contribution in [0.1, 0.15) is 54.6 Å². The first kappa shape index (κ1) is 24.3. The van der Waals surface area contributed by atoms with Crippen LogP contribution in [0.5, 0.6) is 5.75 Å². The number of hydrogen-bond donors (Lipinski definition) is 1. The van der Waals surface area contributed by atoms with Gasteiger partial charge in [0.05, 0.1) is 18.7 Å². The van der Waals surface area contributed by atoms with E-state index in [4.69, 9.17) is 4.74 Å². The molecule has 0 spiro atoms. The number of aliphatic hydroxyl groups excluding tert-OH is 1. The molecule has 3 aromatic carbocycles. The van der Waals surface area contributed by atoms with Gasteiger partial charge in [-0.1, -0.05) is 63.2 Å². The average Bonchev–Trinajstić information content (AvgIpc) is 3.10. The van der Waals surface area contributed by atoms with Crippen LogP contribution in [0.3, 0.4) is 0 Å². The highest BCUT2D eigenvalue weighted by atomic mass is 16.5. The standard InChI is InChI=1S/C30H31NO4/c1-18-11-10-14-23(19(18)2)31-26(20-12-8-7-9-13-20)25(28(33)29(31)34)27(32)21-15-16-24(35-6)22(17-21)30(3,4)5/h7-17,26,32H,1-6H3/b27-25-. The predicted molar refractivity (Wildman–Crippen MR) is 139 cm³/mol. The molecule has 1 heterocycles. The van der Waals surface area contributed by atoms with Gasteiger partial charge in [0, 0.05) is 16.8 Å². The maximum Gasteiger partial charge on any atom is 0.300 e. The lowest BCUT2D eigenvalue weighted by atomic mass is 9.84. The number of rotatable bonds is 4. The van der Waals surface area contributed by atoms with Crippen molar-refractivity contribution in [2.75, 3.05) is 12.0 Å². The third-order valence-electron chi connectivity index (χ3n) is 6.68. The molecule has 0 saturated carbocycles. The van der Waals surface area contributed by atoms with Crippen molar-refractivity contribution in [2.45, 2.75) is 46.1 Å². The minimum atomic E-state index is -0.753. The molecule has 5 nitrogen and oxygen atoms in total. The van der Waals surface area contributed by atoms with E-state index in [1.165, 1.54) is 4.90 Å². The summed E-state index contributed by atoms with van der Waals surface area (Å²) in [5.41, 5.74) is 4.51. The highest BCUT2D eigenvalue weighted by Crippen LogP contribution is 2.44. The molecular formula is C30H31NO4. The number of amides is 1. The number of hydrogen-bond acceptors (Lipinski definition) is 4. The van der Waals surface area contributed by atoms with Gasteiger partial charge in [-0.15, -0.1) is 0 Å². The van der Waals surface area contributed by atoms with E-state index < -0.39 is 17.7 Å². The van der Waals surface area contributed by atoms with Gasteiger partial charge in [0.15, 0.2) is 0 Å². The molecule has 0 bridgehead atoms. The quantitative estimate of drug-likeness (QED) is 0.279. The van der Waals surface area contributed by atoms with Crippen LogP contribution >= 0.6 is 0 Å². The number of anilines is 1. The molecule has 0 aliphatic carbocycles. The van der Waals surface area contributed by atoms with Crippen LogP contribution in [0.15, 0.2) is 72.3 Å². The molecule has 0 radical (unpaired) electrons. The molecule has 0 aromatic heterocycles. The zero-order chi connectivity index (χ0) is 25.5. The number of Topliss-reactive ketones (excluding diaryl/α,β-unsaturated/α-hetero) is 1. The maximum atomic E-state index is 13.5. The van der Waals surface area contributed by atoms with Crippen molar-refractivity contribution in [3.05, 3.63) is 100 Å². The normalized spacial score (nSPS) is 17.7. The van der Waals surface area contributed by atoms with E-state index in [0.29, 0.717) is 17.0 Å². The van der Waals surface area contributed by atoms with Gasteiger partial charge in [0.25, 0.3) is 11.7 Å². The molecule has 3 aromatic rings. The molecule has 1 aliphatic rings. The van der Waals surface area contributed by atoms with Gasteiger partial charge >= 0.3 is 0 Å². The number of aryl methyl sites for hydroxylation is 1. The van der Waals surface area contributed by atoms with E-state index in [0.717, 1.165) is 22.3 Å². The minimum Gasteiger partial charge on any atom is -0.507 e. The molecule has 1 atom stereocenters. The van der Waals surface area contributed by atoms with Crippen LogP contribution in [-0.2, 0) is 15.0 Å². The number of benzene rings is 3. The smallest absolute Gasteiger partial charge is 0.300 e. The maximum absolute atomic E-state index is 13.5. The topological polar surface area (TPSA) is 66.8 Å².